The van der Waals surface area contributed by atoms with E-state index in [0.717, 1.165) is 30.6 Å². The molecule has 39 heavy (non-hydrogen) atoms. The molecule has 4 N–H and O–H groups in total. The van der Waals surface area contributed by atoms with Crippen LogP contribution in [-0.2, 0) is 28.8 Å². The van der Waals surface area contributed by atoms with E-state index in [-0.39, 0.29) is 67.8 Å². The van der Waals surface area contributed by atoms with Crippen molar-refractivity contribution >= 4 is 35.4 Å². The van der Waals surface area contributed by atoms with E-state index in [1.54, 1.807) is 6.92 Å². The fraction of sp³-hybridized carbons (Fsp3) is 0.704. The monoisotopic (exact) mass is 549 g/mol. The minimum absolute atomic E-state index is 0.0126. The summed E-state index contributed by atoms with van der Waals surface area (Å²) in [4.78, 5) is 75.4. The normalized spacial score (nSPS) is 19.5. The summed E-state index contributed by atoms with van der Waals surface area (Å²) in [7, 11) is 0. The van der Waals surface area contributed by atoms with Gasteiger partial charge in [0.1, 0.15) is 12.3 Å². The number of aliphatic hydroxyl groups excluding tert-OH is 1. The number of nitrogens with zero attached hydrogens (tertiary/aromatic N) is 2. The third-order valence-corrected chi connectivity index (χ3v) is 6.85. The second kappa shape index (κ2) is 16.6. The Morgan fingerprint density at radius 1 is 0.974 bits per heavy atom. The van der Waals surface area contributed by atoms with Crippen LogP contribution < -0.4 is 16.0 Å². The summed E-state index contributed by atoms with van der Waals surface area (Å²) in [5.41, 5.74) is 0. The Bertz CT molecular complexity index is 922. The van der Waals surface area contributed by atoms with Gasteiger partial charge in [-0.05, 0) is 31.8 Å². The highest BCUT2D eigenvalue weighted by molar-refractivity contribution is 6.03. The zero-order valence-electron chi connectivity index (χ0n) is 23.1. The number of nitrogens with one attached hydrogen (secondary N) is 3. The van der Waals surface area contributed by atoms with Crippen LogP contribution in [0.5, 0.6) is 0 Å². The van der Waals surface area contributed by atoms with Crippen molar-refractivity contribution in [3.05, 3.63) is 12.2 Å². The van der Waals surface area contributed by atoms with E-state index in [9.17, 15) is 33.9 Å². The highest BCUT2D eigenvalue weighted by atomic mass is 16.3. The SMILES string of the molecule is CCCCCCNC(=O)[C@H](CCCCNC(=O)CCN1C(=O)C=CC1O)NC(=O)CCN1C(=O)CC(C)C1=O. The molecule has 2 unspecified atom stereocenters. The summed E-state index contributed by atoms with van der Waals surface area (Å²) in [5.74, 6) is -2.23. The van der Waals surface area contributed by atoms with E-state index in [0.29, 0.717) is 32.4 Å². The lowest BCUT2D eigenvalue weighted by molar-refractivity contribution is -0.140. The average molecular weight is 550 g/mol. The summed E-state index contributed by atoms with van der Waals surface area (Å²) in [5, 5.41) is 18.1. The zero-order valence-corrected chi connectivity index (χ0v) is 23.1. The maximum Gasteiger partial charge on any atom is 0.248 e. The van der Waals surface area contributed by atoms with Crippen LogP contribution in [-0.4, -0.2) is 88.8 Å². The summed E-state index contributed by atoms with van der Waals surface area (Å²) < 4.78 is 0. The Morgan fingerprint density at radius 3 is 2.31 bits per heavy atom. The smallest absolute Gasteiger partial charge is 0.248 e. The maximum absolute atomic E-state index is 12.8. The van der Waals surface area contributed by atoms with Gasteiger partial charge < -0.3 is 26.0 Å². The molecule has 2 heterocycles. The maximum atomic E-state index is 12.8. The highest BCUT2D eigenvalue weighted by Gasteiger charge is 2.35. The molecule has 0 spiro atoms. The first kappa shape index (κ1) is 31.9. The molecule has 2 rings (SSSR count). The van der Waals surface area contributed by atoms with Crippen molar-refractivity contribution in [1.82, 2.24) is 25.8 Å². The van der Waals surface area contributed by atoms with E-state index in [1.807, 2.05) is 0 Å². The molecule has 12 nitrogen and oxygen atoms in total. The quantitative estimate of drug-likeness (QED) is 0.141. The third-order valence-electron chi connectivity index (χ3n) is 6.85. The van der Waals surface area contributed by atoms with Crippen molar-refractivity contribution in [1.29, 1.82) is 0 Å². The number of rotatable bonds is 18. The molecule has 0 aromatic rings. The minimum atomic E-state index is -1.00. The van der Waals surface area contributed by atoms with Gasteiger partial charge in [0.2, 0.25) is 35.4 Å². The zero-order chi connectivity index (χ0) is 28.8. The molecule has 2 aliphatic heterocycles. The van der Waals surface area contributed by atoms with Crippen molar-refractivity contribution in [2.24, 2.45) is 5.92 Å². The molecule has 218 valence electrons. The summed E-state index contributed by atoms with van der Waals surface area (Å²) >= 11 is 0. The third kappa shape index (κ3) is 10.8. The molecular formula is C27H43N5O7. The largest absolute Gasteiger partial charge is 0.370 e. The van der Waals surface area contributed by atoms with Gasteiger partial charge in [0, 0.05) is 57.4 Å². The predicted molar refractivity (Wildman–Crippen MR) is 143 cm³/mol. The van der Waals surface area contributed by atoms with Crippen LogP contribution in [0.3, 0.4) is 0 Å². The molecule has 0 aromatic carbocycles. The first-order valence-corrected chi connectivity index (χ1v) is 14.0. The molecule has 6 amide bonds. The number of unbranched alkanes of at least 4 members (excludes halogenated alkanes) is 4. The average Bonchev–Trinajstić information content (AvgIpc) is 3.35. The molecule has 2 aliphatic rings. The Hall–Kier alpha value is -3.28. The lowest BCUT2D eigenvalue weighted by atomic mass is 10.1. The first-order valence-electron chi connectivity index (χ1n) is 14.0. The van der Waals surface area contributed by atoms with Crippen molar-refractivity contribution in [3.63, 3.8) is 0 Å². The Morgan fingerprint density at radius 2 is 1.67 bits per heavy atom. The minimum Gasteiger partial charge on any atom is -0.370 e. The van der Waals surface area contributed by atoms with E-state index in [4.69, 9.17) is 0 Å². The molecular weight excluding hydrogens is 506 g/mol. The van der Waals surface area contributed by atoms with Crippen molar-refractivity contribution in [2.45, 2.75) is 90.3 Å². The van der Waals surface area contributed by atoms with E-state index in [1.165, 1.54) is 17.1 Å². The Labute approximate surface area is 229 Å². The summed E-state index contributed by atoms with van der Waals surface area (Å²) in [6.07, 6.45) is 7.27. The van der Waals surface area contributed by atoms with Gasteiger partial charge in [-0.15, -0.1) is 0 Å². The number of aliphatic hydroxyl groups is 1. The molecule has 1 saturated heterocycles. The van der Waals surface area contributed by atoms with Crippen molar-refractivity contribution in [2.75, 3.05) is 26.2 Å². The Kier molecular flexibility index (Phi) is 13.6. The van der Waals surface area contributed by atoms with E-state index >= 15 is 0 Å². The van der Waals surface area contributed by atoms with E-state index in [2.05, 4.69) is 22.9 Å². The Balaban J connectivity index is 1.75. The molecule has 12 heteroatoms. The molecule has 1 fully saturated rings. The molecule has 0 bridgehead atoms. The van der Waals surface area contributed by atoms with Gasteiger partial charge in [0.05, 0.1) is 0 Å². The number of carbonyl (C=O) groups is 6. The second-order valence-electron chi connectivity index (χ2n) is 10.1. The van der Waals surface area contributed by atoms with Gasteiger partial charge in [-0.2, -0.15) is 0 Å². The number of amides is 6. The lowest BCUT2D eigenvalue weighted by Crippen LogP contribution is -2.47. The van der Waals surface area contributed by atoms with Crippen molar-refractivity contribution in [3.8, 4) is 0 Å². The van der Waals surface area contributed by atoms with Gasteiger partial charge >= 0.3 is 0 Å². The summed E-state index contributed by atoms with van der Waals surface area (Å²) in [6, 6.07) is -0.765. The summed E-state index contributed by atoms with van der Waals surface area (Å²) in [6.45, 7) is 4.76. The molecule has 0 aliphatic carbocycles. The number of likely N-dealkylation sites (tertiary alicyclic amines) is 1. The topological polar surface area (TPSA) is 165 Å². The van der Waals surface area contributed by atoms with Crippen LogP contribution >= 0.6 is 0 Å². The number of hydrogen-bond acceptors (Lipinski definition) is 7. The lowest BCUT2D eigenvalue weighted by Gasteiger charge is -2.20. The molecule has 3 atom stereocenters. The fourth-order valence-corrected chi connectivity index (χ4v) is 4.47. The number of imide groups is 1. The number of carbonyl (C=O) groups excluding carboxylic acids is 6. The van der Waals surface area contributed by atoms with Gasteiger partial charge in [-0.25, -0.2) is 0 Å². The predicted octanol–water partition coefficient (Wildman–Crippen LogP) is 0.346. The molecule has 0 aromatic heterocycles. The van der Waals surface area contributed by atoms with Crippen LogP contribution in [0.25, 0.3) is 0 Å². The van der Waals surface area contributed by atoms with Gasteiger partial charge in [0.15, 0.2) is 0 Å². The molecule has 0 radical (unpaired) electrons. The molecule has 0 saturated carbocycles. The second-order valence-corrected chi connectivity index (χ2v) is 10.1. The van der Waals surface area contributed by atoms with Gasteiger partial charge in [-0.1, -0.05) is 33.1 Å². The number of hydrogen-bond donors (Lipinski definition) is 4. The first-order chi connectivity index (χ1) is 18.6. The highest BCUT2D eigenvalue weighted by Crippen LogP contribution is 2.18. The van der Waals surface area contributed by atoms with Crippen LogP contribution in [0.1, 0.15) is 78.1 Å². The van der Waals surface area contributed by atoms with Gasteiger partial charge in [0.25, 0.3) is 0 Å². The van der Waals surface area contributed by atoms with Crippen LogP contribution in [0.15, 0.2) is 12.2 Å². The standard InChI is InChI=1S/C27H43N5O7/c1-3-4-5-7-15-29-26(38)20(30-22(34)13-17-32-25(37)18-19(2)27(32)39)9-6-8-14-28-21(33)12-16-31-23(35)10-11-24(31)36/h10-11,19-20,23,35H,3-9,12-18H2,1-2H3,(H,28,33)(H,29,38)(H,30,34)/t19?,20-,23?/m0/s1. The fourth-order valence-electron chi connectivity index (χ4n) is 4.47. The van der Waals surface area contributed by atoms with Gasteiger partial charge in [-0.3, -0.25) is 33.7 Å². The van der Waals surface area contributed by atoms with Crippen LogP contribution in [0.4, 0.5) is 0 Å². The van der Waals surface area contributed by atoms with E-state index < -0.39 is 18.2 Å². The van der Waals surface area contributed by atoms with Crippen molar-refractivity contribution < 1.29 is 33.9 Å². The van der Waals surface area contributed by atoms with Crippen LogP contribution in [0, 0.1) is 5.92 Å². The van der Waals surface area contributed by atoms with Crippen LogP contribution in [0.2, 0.25) is 0 Å².